The van der Waals surface area contributed by atoms with Crippen LogP contribution >= 0.6 is 0 Å². The van der Waals surface area contributed by atoms with Gasteiger partial charge in [0, 0.05) is 13.2 Å². The molecule has 2 aliphatic heterocycles. The number of ether oxygens (including phenoxy) is 4. The minimum Gasteiger partial charge on any atom is -0.498 e. The number of allylic oxidation sites excluding steroid dienone is 1. The van der Waals surface area contributed by atoms with Gasteiger partial charge in [-0.15, -0.1) is 0 Å². The molecule has 5 nitrogen and oxygen atoms in total. The Morgan fingerprint density at radius 3 is 2.68 bits per heavy atom. The zero-order valence-electron chi connectivity index (χ0n) is 13.3. The summed E-state index contributed by atoms with van der Waals surface area (Å²) in [4.78, 5) is 12.4. The Hall–Kier alpha value is -1.17. The molecule has 0 N–H and O–H groups in total. The number of carbonyl (C=O) groups is 1. The van der Waals surface area contributed by atoms with Crippen molar-refractivity contribution in [3.8, 4) is 0 Å². The normalized spacial score (nSPS) is 45.6. The second kappa shape index (κ2) is 4.66. The molecule has 1 spiro atoms. The lowest BCUT2D eigenvalue weighted by atomic mass is 9.71. The minimum atomic E-state index is -0.556. The summed E-state index contributed by atoms with van der Waals surface area (Å²) in [5, 5.41) is 0. The van der Waals surface area contributed by atoms with Crippen LogP contribution in [0.25, 0.3) is 0 Å². The molecule has 120 valence electrons. The van der Waals surface area contributed by atoms with E-state index < -0.39 is 17.3 Å². The predicted octanol–water partition coefficient (Wildman–Crippen LogP) is 1.77. The molecule has 0 bridgehead atoms. The average molecular weight is 306 g/mol. The molecule has 0 aromatic rings. The molecule has 4 rings (SSSR count). The Balaban J connectivity index is 1.62. The average Bonchev–Trinajstić information content (AvgIpc) is 3.36. The highest BCUT2D eigenvalue weighted by molar-refractivity contribution is 5.96. The van der Waals surface area contributed by atoms with Gasteiger partial charge in [0.2, 0.25) is 0 Å². The van der Waals surface area contributed by atoms with E-state index in [2.05, 4.69) is 13.0 Å². The molecule has 5 atom stereocenters. The first kappa shape index (κ1) is 14.4. The molecule has 1 saturated carbocycles. The van der Waals surface area contributed by atoms with E-state index in [0.29, 0.717) is 12.4 Å². The lowest BCUT2D eigenvalue weighted by molar-refractivity contribution is -0.134. The maximum absolute atomic E-state index is 12.4. The second-order valence-corrected chi connectivity index (χ2v) is 6.82. The predicted molar refractivity (Wildman–Crippen MR) is 78.3 cm³/mol. The maximum atomic E-state index is 12.4. The summed E-state index contributed by atoms with van der Waals surface area (Å²) in [6, 6.07) is 0. The van der Waals surface area contributed by atoms with E-state index in [9.17, 15) is 4.79 Å². The molecule has 4 aliphatic rings. The number of rotatable bonds is 5. The monoisotopic (exact) mass is 306 g/mol. The van der Waals surface area contributed by atoms with Gasteiger partial charge in [-0.2, -0.15) is 0 Å². The van der Waals surface area contributed by atoms with Crippen LogP contribution in [0.1, 0.15) is 26.2 Å². The first-order valence-electron chi connectivity index (χ1n) is 7.87. The highest BCUT2D eigenvalue weighted by Crippen LogP contribution is 2.59. The van der Waals surface area contributed by atoms with Crippen LogP contribution in [-0.2, 0) is 23.7 Å². The number of hydrogen-bond donors (Lipinski definition) is 0. The van der Waals surface area contributed by atoms with Crippen molar-refractivity contribution < 1.29 is 23.7 Å². The minimum absolute atomic E-state index is 0.0681. The van der Waals surface area contributed by atoms with Gasteiger partial charge in [-0.25, -0.2) is 0 Å². The lowest BCUT2D eigenvalue weighted by Gasteiger charge is -2.36. The van der Waals surface area contributed by atoms with E-state index in [1.165, 1.54) is 24.5 Å². The third-order valence-electron chi connectivity index (χ3n) is 5.46. The van der Waals surface area contributed by atoms with Gasteiger partial charge in [-0.1, -0.05) is 11.6 Å². The fourth-order valence-electron chi connectivity index (χ4n) is 3.92. The molecule has 5 heteroatoms. The Morgan fingerprint density at radius 2 is 2.14 bits per heavy atom. The third-order valence-corrected chi connectivity index (χ3v) is 5.46. The van der Waals surface area contributed by atoms with Crippen LogP contribution in [0.5, 0.6) is 0 Å². The molecule has 22 heavy (non-hydrogen) atoms. The standard InChI is InChI=1S/C17H22O5/c1-16(12(22-16)7-6-10-4-5-10)15-14(20-3)11(18)8-13(19-2)17(15)9-21-17/h6,8,12,14-15H,4-5,7,9H2,1-3H3/t12-,14-,15-,16+,17-/m1/s1. The highest BCUT2D eigenvalue weighted by Gasteiger charge is 2.73. The zero-order chi connectivity index (χ0) is 15.5. The van der Waals surface area contributed by atoms with Crippen LogP contribution in [0.3, 0.4) is 0 Å². The largest absolute Gasteiger partial charge is 0.498 e. The molecule has 0 amide bonds. The number of methoxy groups -OCH3 is 2. The molecular formula is C17H22O5. The topological polar surface area (TPSA) is 60.6 Å². The first-order valence-corrected chi connectivity index (χ1v) is 7.87. The SMILES string of the molecule is COC1=CC(=O)[C@@H](OC)[C@H]([C@@]2(C)O[C@@H]2CC=C2CC2)[C@@]12CO2. The Kier molecular flexibility index (Phi) is 3.06. The van der Waals surface area contributed by atoms with Crippen molar-refractivity contribution in [3.63, 3.8) is 0 Å². The van der Waals surface area contributed by atoms with Gasteiger partial charge in [-0.05, 0) is 26.2 Å². The highest BCUT2D eigenvalue weighted by atomic mass is 16.6. The van der Waals surface area contributed by atoms with Crippen LogP contribution in [0, 0.1) is 5.92 Å². The van der Waals surface area contributed by atoms with Crippen molar-refractivity contribution in [2.75, 3.05) is 20.8 Å². The number of hydrogen-bond acceptors (Lipinski definition) is 5. The van der Waals surface area contributed by atoms with Gasteiger partial charge < -0.3 is 18.9 Å². The van der Waals surface area contributed by atoms with Crippen LogP contribution in [-0.4, -0.2) is 50.0 Å². The van der Waals surface area contributed by atoms with Crippen LogP contribution in [0.4, 0.5) is 0 Å². The molecule has 2 aliphatic carbocycles. The van der Waals surface area contributed by atoms with Gasteiger partial charge in [0.05, 0.1) is 25.7 Å². The van der Waals surface area contributed by atoms with E-state index in [4.69, 9.17) is 18.9 Å². The fraction of sp³-hybridized carbons (Fsp3) is 0.706. The number of ketones is 1. The van der Waals surface area contributed by atoms with Crippen LogP contribution in [0.2, 0.25) is 0 Å². The smallest absolute Gasteiger partial charge is 0.188 e. The van der Waals surface area contributed by atoms with Crippen molar-refractivity contribution in [2.24, 2.45) is 5.92 Å². The summed E-state index contributed by atoms with van der Waals surface area (Å²) >= 11 is 0. The summed E-state index contributed by atoms with van der Waals surface area (Å²) in [6.45, 7) is 2.62. The van der Waals surface area contributed by atoms with Gasteiger partial charge in [0.25, 0.3) is 0 Å². The summed E-state index contributed by atoms with van der Waals surface area (Å²) in [5.41, 5.74) is 0.548. The summed E-state index contributed by atoms with van der Waals surface area (Å²) < 4.78 is 22.7. The Morgan fingerprint density at radius 1 is 1.41 bits per heavy atom. The third kappa shape index (κ3) is 1.99. The number of epoxide rings is 2. The van der Waals surface area contributed by atoms with E-state index in [0.717, 1.165) is 6.42 Å². The van der Waals surface area contributed by atoms with Crippen molar-refractivity contribution in [1.82, 2.24) is 0 Å². The number of carbonyl (C=O) groups excluding carboxylic acids is 1. The van der Waals surface area contributed by atoms with Crippen LogP contribution < -0.4 is 0 Å². The van der Waals surface area contributed by atoms with E-state index in [1.807, 2.05) is 0 Å². The Bertz CT molecular complexity index is 568. The van der Waals surface area contributed by atoms with Gasteiger partial charge in [0.1, 0.15) is 17.5 Å². The molecule has 0 unspecified atom stereocenters. The molecule has 3 fully saturated rings. The maximum Gasteiger partial charge on any atom is 0.188 e. The van der Waals surface area contributed by atoms with Crippen molar-refractivity contribution in [3.05, 3.63) is 23.5 Å². The van der Waals surface area contributed by atoms with Crippen LogP contribution in [0.15, 0.2) is 23.5 Å². The molecule has 0 aromatic heterocycles. The molecule has 0 radical (unpaired) electrons. The summed E-state index contributed by atoms with van der Waals surface area (Å²) in [6.07, 6.45) is 6.71. The van der Waals surface area contributed by atoms with Gasteiger partial charge in [0.15, 0.2) is 11.4 Å². The quantitative estimate of drug-likeness (QED) is 0.572. The molecule has 2 heterocycles. The Labute approximate surface area is 130 Å². The molecule has 2 saturated heterocycles. The van der Waals surface area contributed by atoms with E-state index in [1.54, 1.807) is 14.2 Å². The van der Waals surface area contributed by atoms with E-state index >= 15 is 0 Å². The van der Waals surface area contributed by atoms with Crippen molar-refractivity contribution in [1.29, 1.82) is 0 Å². The van der Waals surface area contributed by atoms with Gasteiger partial charge in [-0.3, -0.25) is 4.79 Å². The first-order chi connectivity index (χ1) is 10.5. The summed E-state index contributed by atoms with van der Waals surface area (Å²) in [5.74, 6) is 0.369. The summed E-state index contributed by atoms with van der Waals surface area (Å²) in [7, 11) is 3.15. The zero-order valence-corrected chi connectivity index (χ0v) is 13.3. The molecular weight excluding hydrogens is 284 g/mol. The van der Waals surface area contributed by atoms with E-state index in [-0.39, 0.29) is 17.8 Å². The van der Waals surface area contributed by atoms with Gasteiger partial charge >= 0.3 is 0 Å². The lowest BCUT2D eigenvalue weighted by Crippen LogP contribution is -2.53. The van der Waals surface area contributed by atoms with Crippen molar-refractivity contribution >= 4 is 5.78 Å². The fourth-order valence-corrected chi connectivity index (χ4v) is 3.92. The van der Waals surface area contributed by atoms with Crippen molar-refractivity contribution in [2.45, 2.75) is 49.6 Å². The molecule has 0 aromatic carbocycles. The second-order valence-electron chi connectivity index (χ2n) is 6.82.